The molecule has 156 valence electrons. The Kier molecular flexibility index (Phi) is 7.61. The Morgan fingerprint density at radius 1 is 1.20 bits per heavy atom. The minimum Gasteiger partial charge on any atom is -0.387 e. The van der Waals surface area contributed by atoms with Crippen LogP contribution in [0, 0.1) is 4.91 Å². The van der Waals surface area contributed by atoms with E-state index in [4.69, 9.17) is 5.73 Å². The van der Waals surface area contributed by atoms with Crippen molar-refractivity contribution in [2.45, 2.75) is 18.9 Å². The number of nitrogen functional groups attached to an aromatic ring is 1. The summed E-state index contributed by atoms with van der Waals surface area (Å²) >= 11 is 1.24. The van der Waals surface area contributed by atoms with Crippen molar-refractivity contribution >= 4 is 28.1 Å². The SMILES string of the molecule is Nc1nc(CC(=O)N(N=O)c2ccc(CCNC[C@H](O)c3ccccc3)cc2)cs1. The molecule has 4 N–H and O–H groups in total. The zero-order valence-electron chi connectivity index (χ0n) is 16.3. The van der Waals surface area contributed by atoms with Gasteiger partial charge in [0.25, 0.3) is 5.91 Å². The Balaban J connectivity index is 1.48. The second-order valence-electron chi connectivity index (χ2n) is 6.69. The van der Waals surface area contributed by atoms with E-state index in [-0.39, 0.29) is 6.42 Å². The van der Waals surface area contributed by atoms with E-state index in [0.29, 0.717) is 29.6 Å². The maximum atomic E-state index is 12.4. The highest BCUT2D eigenvalue weighted by molar-refractivity contribution is 7.13. The summed E-state index contributed by atoms with van der Waals surface area (Å²) in [6, 6.07) is 16.5. The number of nitrogens with two attached hydrogens (primary N) is 1. The van der Waals surface area contributed by atoms with Gasteiger partial charge in [0, 0.05) is 11.9 Å². The summed E-state index contributed by atoms with van der Waals surface area (Å²) in [4.78, 5) is 27.6. The van der Waals surface area contributed by atoms with Crippen molar-refractivity contribution in [1.82, 2.24) is 10.3 Å². The molecule has 0 spiro atoms. The lowest BCUT2D eigenvalue weighted by Gasteiger charge is -2.14. The molecule has 2 aromatic carbocycles. The monoisotopic (exact) mass is 425 g/mol. The molecule has 3 aromatic rings. The number of nitrogens with one attached hydrogen (secondary N) is 1. The van der Waals surface area contributed by atoms with Gasteiger partial charge in [-0.25, -0.2) is 4.98 Å². The zero-order valence-corrected chi connectivity index (χ0v) is 17.1. The van der Waals surface area contributed by atoms with E-state index in [1.165, 1.54) is 11.3 Å². The van der Waals surface area contributed by atoms with Crippen molar-refractivity contribution in [1.29, 1.82) is 0 Å². The van der Waals surface area contributed by atoms with Crippen molar-refractivity contribution < 1.29 is 9.90 Å². The molecule has 0 aliphatic rings. The number of nitroso groups, excluding NO2 is 1. The predicted molar refractivity (Wildman–Crippen MR) is 118 cm³/mol. The fourth-order valence-corrected chi connectivity index (χ4v) is 3.50. The smallest absolute Gasteiger partial charge is 0.256 e. The summed E-state index contributed by atoms with van der Waals surface area (Å²) in [6.45, 7) is 1.14. The van der Waals surface area contributed by atoms with Gasteiger partial charge in [-0.05, 0) is 36.2 Å². The van der Waals surface area contributed by atoms with Crippen LogP contribution < -0.4 is 16.1 Å². The van der Waals surface area contributed by atoms with Crippen molar-refractivity contribution in [2.75, 3.05) is 23.8 Å². The Labute approximate surface area is 178 Å². The van der Waals surface area contributed by atoms with Gasteiger partial charge in [-0.3, -0.25) is 4.79 Å². The molecular formula is C21H23N5O3S. The number of hydrogen-bond donors (Lipinski definition) is 3. The quantitative estimate of drug-likeness (QED) is 0.261. The summed E-state index contributed by atoms with van der Waals surface area (Å²) in [5.74, 6) is -0.473. The van der Waals surface area contributed by atoms with Crippen LogP contribution in [0.5, 0.6) is 0 Å². The van der Waals surface area contributed by atoms with E-state index in [2.05, 4.69) is 15.6 Å². The molecule has 0 radical (unpaired) electrons. The molecule has 1 heterocycles. The average Bonchev–Trinajstić information content (AvgIpc) is 3.17. The summed E-state index contributed by atoms with van der Waals surface area (Å²) < 4.78 is 0. The van der Waals surface area contributed by atoms with Gasteiger partial charge < -0.3 is 16.2 Å². The highest BCUT2D eigenvalue weighted by atomic mass is 32.1. The summed E-state index contributed by atoms with van der Waals surface area (Å²) in [6.07, 6.45) is 0.136. The molecule has 9 heteroatoms. The normalized spacial score (nSPS) is 11.8. The minimum absolute atomic E-state index is 0.0468. The molecule has 0 aliphatic carbocycles. The van der Waals surface area contributed by atoms with E-state index in [0.717, 1.165) is 22.6 Å². The second-order valence-corrected chi connectivity index (χ2v) is 7.58. The first-order valence-electron chi connectivity index (χ1n) is 9.45. The molecular weight excluding hydrogens is 402 g/mol. The summed E-state index contributed by atoms with van der Waals surface area (Å²) in [5.41, 5.74) is 8.38. The Morgan fingerprint density at radius 3 is 2.57 bits per heavy atom. The van der Waals surface area contributed by atoms with Gasteiger partial charge in [-0.15, -0.1) is 16.2 Å². The number of hydrogen-bond acceptors (Lipinski definition) is 8. The number of rotatable bonds is 10. The lowest BCUT2D eigenvalue weighted by molar-refractivity contribution is -0.118. The van der Waals surface area contributed by atoms with Crippen LogP contribution in [-0.2, 0) is 17.6 Å². The maximum Gasteiger partial charge on any atom is 0.256 e. The number of anilines is 2. The number of carbonyl (C=O) groups excluding carboxylic acids is 1. The van der Waals surface area contributed by atoms with Gasteiger partial charge >= 0.3 is 0 Å². The first-order valence-corrected chi connectivity index (χ1v) is 10.3. The summed E-state index contributed by atoms with van der Waals surface area (Å²) in [5, 5.41) is 19.1. The first-order chi connectivity index (χ1) is 14.6. The fourth-order valence-electron chi connectivity index (χ4n) is 2.94. The van der Waals surface area contributed by atoms with Crippen LogP contribution in [0.4, 0.5) is 10.8 Å². The van der Waals surface area contributed by atoms with Crippen LogP contribution in [-0.4, -0.2) is 29.1 Å². The van der Waals surface area contributed by atoms with Crippen molar-refractivity contribution in [3.05, 3.63) is 81.7 Å². The maximum absolute atomic E-state index is 12.4. The van der Waals surface area contributed by atoms with E-state index < -0.39 is 12.0 Å². The van der Waals surface area contributed by atoms with Gasteiger partial charge in [-0.1, -0.05) is 42.5 Å². The van der Waals surface area contributed by atoms with E-state index in [9.17, 15) is 14.8 Å². The molecule has 30 heavy (non-hydrogen) atoms. The third-order valence-corrected chi connectivity index (χ3v) is 5.24. The molecule has 8 nitrogen and oxygen atoms in total. The molecule has 1 atom stereocenters. The van der Waals surface area contributed by atoms with E-state index in [1.807, 2.05) is 42.5 Å². The number of aliphatic hydroxyl groups excluding tert-OH is 1. The molecule has 1 aromatic heterocycles. The van der Waals surface area contributed by atoms with Gasteiger partial charge in [0.15, 0.2) is 5.13 Å². The van der Waals surface area contributed by atoms with Crippen molar-refractivity contribution in [3.8, 4) is 0 Å². The molecule has 0 aliphatic heterocycles. The van der Waals surface area contributed by atoms with Gasteiger partial charge in [0.2, 0.25) is 0 Å². The molecule has 0 fully saturated rings. The topological polar surface area (TPSA) is 121 Å². The van der Waals surface area contributed by atoms with Gasteiger partial charge in [0.1, 0.15) is 0 Å². The van der Waals surface area contributed by atoms with Crippen LogP contribution in [0.3, 0.4) is 0 Å². The molecule has 3 rings (SSSR count). The molecule has 1 amide bonds. The van der Waals surface area contributed by atoms with Crippen LogP contribution in [0.2, 0.25) is 0 Å². The third-order valence-electron chi connectivity index (χ3n) is 4.51. The summed E-state index contributed by atoms with van der Waals surface area (Å²) in [7, 11) is 0. The number of aliphatic hydroxyl groups is 1. The number of benzene rings is 2. The molecule has 0 bridgehead atoms. The van der Waals surface area contributed by atoms with E-state index >= 15 is 0 Å². The van der Waals surface area contributed by atoms with Crippen LogP contribution in [0.15, 0.2) is 65.3 Å². The van der Waals surface area contributed by atoms with Gasteiger partial charge in [-0.2, -0.15) is 5.01 Å². The number of aromatic nitrogens is 1. The fraction of sp³-hybridized carbons (Fsp3) is 0.238. The van der Waals surface area contributed by atoms with Gasteiger partial charge in [0.05, 0.1) is 29.2 Å². The Hall–Kier alpha value is -3.14. The van der Waals surface area contributed by atoms with E-state index in [1.54, 1.807) is 17.5 Å². The zero-order chi connectivity index (χ0) is 21.3. The van der Waals surface area contributed by atoms with Crippen LogP contribution in [0.1, 0.15) is 22.9 Å². The molecule has 0 saturated heterocycles. The number of amides is 1. The highest BCUT2D eigenvalue weighted by Gasteiger charge is 2.18. The molecule has 0 unspecified atom stereocenters. The molecule has 0 saturated carbocycles. The largest absolute Gasteiger partial charge is 0.387 e. The van der Waals surface area contributed by atoms with Crippen molar-refractivity contribution in [2.24, 2.45) is 5.29 Å². The Bertz CT molecular complexity index is 962. The number of carbonyl (C=O) groups is 1. The predicted octanol–water partition coefficient (Wildman–Crippen LogP) is 2.85. The van der Waals surface area contributed by atoms with Crippen molar-refractivity contribution in [3.63, 3.8) is 0 Å². The highest BCUT2D eigenvalue weighted by Crippen LogP contribution is 2.19. The Morgan fingerprint density at radius 2 is 1.93 bits per heavy atom. The third kappa shape index (κ3) is 5.93. The average molecular weight is 426 g/mol. The number of thiazole rings is 1. The second kappa shape index (κ2) is 10.6. The lowest BCUT2D eigenvalue weighted by atomic mass is 10.1. The first kappa shape index (κ1) is 21.6. The number of nitrogens with zero attached hydrogens (tertiary/aromatic N) is 3. The standard InChI is InChI=1S/C21H23N5O3S/c22-21-24-17(14-30-21)12-20(28)26(25-29)18-8-6-15(7-9-18)10-11-23-13-19(27)16-4-2-1-3-5-16/h1-9,14,19,23,27H,10-13H2,(H2,22,24)/t19-/m0/s1. The van der Waals surface area contributed by atoms with Crippen LogP contribution in [0.25, 0.3) is 0 Å². The lowest BCUT2D eigenvalue weighted by Crippen LogP contribution is -2.26. The minimum atomic E-state index is -0.556. The van der Waals surface area contributed by atoms with Crippen LogP contribution >= 0.6 is 11.3 Å².